The van der Waals surface area contributed by atoms with Crippen LogP contribution in [0.25, 0.3) is 0 Å². The summed E-state index contributed by atoms with van der Waals surface area (Å²) in [6.45, 7) is 3.66. The lowest BCUT2D eigenvalue weighted by Gasteiger charge is -2.08. The maximum Gasteiger partial charge on any atom is 0.271 e. The van der Waals surface area contributed by atoms with Gasteiger partial charge in [-0.2, -0.15) is 0 Å². The van der Waals surface area contributed by atoms with E-state index in [0.717, 1.165) is 5.56 Å². The number of amides is 1. The number of hydrazine groups is 1. The van der Waals surface area contributed by atoms with Crippen molar-refractivity contribution >= 4 is 11.7 Å². The summed E-state index contributed by atoms with van der Waals surface area (Å²) >= 11 is 0. The van der Waals surface area contributed by atoms with E-state index < -0.39 is 0 Å². The molecule has 0 radical (unpaired) electrons. The van der Waals surface area contributed by atoms with Gasteiger partial charge in [0.05, 0.1) is 12.4 Å². The molecule has 2 rings (SSSR count). The van der Waals surface area contributed by atoms with Gasteiger partial charge in [-0.3, -0.25) is 9.78 Å². The van der Waals surface area contributed by atoms with Gasteiger partial charge in [-0.25, -0.2) is 15.2 Å². The van der Waals surface area contributed by atoms with Crippen LogP contribution in [0.15, 0.2) is 24.5 Å². The predicted octanol–water partition coefficient (Wildman–Crippen LogP) is 1.45. The minimum atomic E-state index is -0.376. The molecule has 0 aliphatic carbocycles. The summed E-state index contributed by atoms with van der Waals surface area (Å²) in [5.74, 6) is 4.91. The van der Waals surface area contributed by atoms with Gasteiger partial charge >= 0.3 is 0 Å². The number of nitrogens with two attached hydrogens (primary N) is 1. The van der Waals surface area contributed by atoms with E-state index in [1.54, 1.807) is 26.0 Å². The second kappa shape index (κ2) is 6.27. The fourth-order valence-electron chi connectivity index (χ4n) is 1.96. The molecule has 0 bridgehead atoms. The molecule has 0 saturated heterocycles. The van der Waals surface area contributed by atoms with Gasteiger partial charge in [-0.1, -0.05) is 12.1 Å². The largest absolute Gasteiger partial charge is 0.347 e. The van der Waals surface area contributed by atoms with Crippen LogP contribution in [0.1, 0.15) is 27.2 Å². The molecule has 2 aromatic rings. The van der Waals surface area contributed by atoms with Crippen LogP contribution in [0, 0.1) is 19.7 Å². The molecule has 1 heterocycles. The summed E-state index contributed by atoms with van der Waals surface area (Å²) in [6.07, 6.45) is 2.75. The van der Waals surface area contributed by atoms with Crippen LogP contribution < -0.4 is 16.6 Å². The zero-order valence-corrected chi connectivity index (χ0v) is 11.8. The minimum Gasteiger partial charge on any atom is -0.347 e. The zero-order valence-electron chi connectivity index (χ0n) is 11.8. The van der Waals surface area contributed by atoms with E-state index in [4.69, 9.17) is 5.84 Å². The van der Waals surface area contributed by atoms with Crippen molar-refractivity contribution in [1.82, 2.24) is 15.3 Å². The molecule has 0 spiro atoms. The molecule has 0 aliphatic rings. The maximum atomic E-state index is 13.5. The molecule has 1 aromatic heterocycles. The first-order valence-electron chi connectivity index (χ1n) is 6.33. The van der Waals surface area contributed by atoms with E-state index in [0.29, 0.717) is 16.9 Å². The molecule has 7 heteroatoms. The number of benzene rings is 1. The van der Waals surface area contributed by atoms with Crippen LogP contribution in [-0.4, -0.2) is 15.9 Å². The van der Waals surface area contributed by atoms with Gasteiger partial charge in [0.15, 0.2) is 5.82 Å². The summed E-state index contributed by atoms with van der Waals surface area (Å²) in [4.78, 5) is 19.8. The van der Waals surface area contributed by atoms with Crippen LogP contribution >= 0.6 is 0 Å². The van der Waals surface area contributed by atoms with Gasteiger partial charge in [0.1, 0.15) is 11.5 Å². The lowest BCUT2D eigenvalue weighted by atomic mass is 10.1. The number of carbonyl (C=O) groups excluding carboxylic acids is 1. The number of carbonyl (C=O) groups is 1. The molecule has 0 atom stereocenters. The van der Waals surface area contributed by atoms with Gasteiger partial charge in [0.2, 0.25) is 0 Å². The van der Waals surface area contributed by atoms with E-state index in [1.807, 2.05) is 0 Å². The first-order chi connectivity index (χ1) is 10.0. The summed E-state index contributed by atoms with van der Waals surface area (Å²) in [6, 6.07) is 3.40. The molecular weight excluding hydrogens is 273 g/mol. The molecule has 21 heavy (non-hydrogen) atoms. The highest BCUT2D eigenvalue weighted by Crippen LogP contribution is 2.14. The summed E-state index contributed by atoms with van der Waals surface area (Å²) < 4.78 is 13.5. The number of anilines is 1. The topological polar surface area (TPSA) is 92.9 Å². The number of aryl methyl sites for hydroxylation is 2. The molecule has 1 aromatic carbocycles. The number of nitrogens with zero attached hydrogens (tertiary/aromatic N) is 2. The normalized spacial score (nSPS) is 10.3. The van der Waals surface area contributed by atoms with Crippen molar-refractivity contribution < 1.29 is 9.18 Å². The third kappa shape index (κ3) is 3.51. The molecule has 0 saturated carbocycles. The number of aromatic nitrogens is 2. The molecule has 110 valence electrons. The summed E-state index contributed by atoms with van der Waals surface area (Å²) in [7, 11) is 0. The summed E-state index contributed by atoms with van der Waals surface area (Å²) in [5, 5.41) is 2.71. The van der Waals surface area contributed by atoms with Crippen LogP contribution in [0.3, 0.4) is 0 Å². The second-order valence-corrected chi connectivity index (χ2v) is 4.66. The number of hydrogen-bond donors (Lipinski definition) is 3. The second-order valence-electron chi connectivity index (χ2n) is 4.66. The third-order valence-corrected chi connectivity index (χ3v) is 2.96. The number of hydrogen-bond acceptors (Lipinski definition) is 5. The lowest BCUT2D eigenvalue weighted by molar-refractivity contribution is 0.0945. The van der Waals surface area contributed by atoms with Crippen molar-refractivity contribution in [2.75, 3.05) is 5.43 Å². The van der Waals surface area contributed by atoms with Crippen molar-refractivity contribution in [3.63, 3.8) is 0 Å². The average molecular weight is 289 g/mol. The first-order valence-corrected chi connectivity index (χ1v) is 6.33. The first kappa shape index (κ1) is 14.9. The monoisotopic (exact) mass is 289 g/mol. The van der Waals surface area contributed by atoms with Gasteiger partial charge in [-0.15, -0.1) is 0 Å². The van der Waals surface area contributed by atoms with Crippen molar-refractivity contribution in [3.8, 4) is 0 Å². The van der Waals surface area contributed by atoms with Crippen LogP contribution in [0.4, 0.5) is 10.2 Å². The van der Waals surface area contributed by atoms with E-state index in [1.165, 1.54) is 12.4 Å². The van der Waals surface area contributed by atoms with Gasteiger partial charge in [-0.05, 0) is 30.5 Å². The van der Waals surface area contributed by atoms with E-state index in [9.17, 15) is 9.18 Å². The number of nitrogens with one attached hydrogen (secondary N) is 2. The molecule has 1 amide bonds. The van der Waals surface area contributed by atoms with Crippen molar-refractivity contribution in [2.45, 2.75) is 20.4 Å². The maximum absolute atomic E-state index is 13.5. The minimum absolute atomic E-state index is 0.154. The van der Waals surface area contributed by atoms with E-state index in [2.05, 4.69) is 20.7 Å². The summed E-state index contributed by atoms with van der Waals surface area (Å²) in [5.41, 5.74) is 4.39. The van der Waals surface area contributed by atoms with E-state index in [-0.39, 0.29) is 24.0 Å². The number of rotatable bonds is 4. The Kier molecular flexibility index (Phi) is 4.44. The van der Waals surface area contributed by atoms with Gasteiger partial charge in [0.25, 0.3) is 5.91 Å². The highest BCUT2D eigenvalue weighted by atomic mass is 19.1. The van der Waals surface area contributed by atoms with Crippen molar-refractivity contribution in [3.05, 3.63) is 52.7 Å². The average Bonchev–Trinajstić information content (AvgIpc) is 2.50. The van der Waals surface area contributed by atoms with Gasteiger partial charge in [0, 0.05) is 6.54 Å². The fourth-order valence-corrected chi connectivity index (χ4v) is 1.96. The van der Waals surface area contributed by atoms with Crippen molar-refractivity contribution in [2.24, 2.45) is 5.84 Å². The van der Waals surface area contributed by atoms with E-state index >= 15 is 0 Å². The highest BCUT2D eigenvalue weighted by Gasteiger charge is 2.10. The Morgan fingerprint density at radius 3 is 2.57 bits per heavy atom. The molecule has 6 nitrogen and oxygen atoms in total. The smallest absolute Gasteiger partial charge is 0.271 e. The molecular formula is C14H16FN5O. The Morgan fingerprint density at radius 2 is 1.95 bits per heavy atom. The Bertz CT molecular complexity index is 651. The van der Waals surface area contributed by atoms with Crippen LogP contribution in [-0.2, 0) is 6.54 Å². The Labute approximate surface area is 121 Å². The predicted molar refractivity (Wildman–Crippen MR) is 76.9 cm³/mol. The number of halogens is 1. The molecule has 0 aliphatic heterocycles. The molecule has 0 fully saturated rings. The fraction of sp³-hybridized carbons (Fsp3) is 0.214. The van der Waals surface area contributed by atoms with Crippen molar-refractivity contribution in [1.29, 1.82) is 0 Å². The standard InChI is InChI=1S/C14H16FN5O/c1-8-3-10(4-9(2)13(8)15)5-18-14(21)11-6-17-7-12(19-11)20-16/h3-4,6-7H,5,16H2,1-2H3,(H,18,21)(H,19,20). The quantitative estimate of drug-likeness (QED) is 0.585. The SMILES string of the molecule is Cc1cc(CNC(=O)c2cncc(NN)n2)cc(C)c1F. The van der Waals surface area contributed by atoms with Crippen LogP contribution in [0.5, 0.6) is 0 Å². The lowest BCUT2D eigenvalue weighted by Crippen LogP contribution is -2.24. The third-order valence-electron chi connectivity index (χ3n) is 2.96. The Hall–Kier alpha value is -2.54. The Morgan fingerprint density at radius 1 is 1.29 bits per heavy atom. The van der Waals surface area contributed by atoms with Gasteiger partial charge < -0.3 is 10.7 Å². The Balaban J connectivity index is 2.07. The molecule has 0 unspecified atom stereocenters. The molecule has 4 N–H and O–H groups in total. The van der Waals surface area contributed by atoms with Crippen LogP contribution in [0.2, 0.25) is 0 Å². The highest BCUT2D eigenvalue weighted by molar-refractivity contribution is 5.92. The number of nitrogen functional groups attached to an aromatic ring is 1. The zero-order chi connectivity index (χ0) is 15.4.